The molecule has 1 N–H and O–H groups in total. The van der Waals surface area contributed by atoms with Gasteiger partial charge in [-0.25, -0.2) is 0 Å². The van der Waals surface area contributed by atoms with Gasteiger partial charge in [-0.2, -0.15) is 0 Å². The smallest absolute Gasteiger partial charge is 0.241 e. The largest absolute Gasteiger partial charge is 0.382 e. The van der Waals surface area contributed by atoms with Gasteiger partial charge in [0.05, 0.1) is 12.2 Å². The Morgan fingerprint density at radius 2 is 2.05 bits per heavy atom. The lowest BCUT2D eigenvalue weighted by atomic mass is 10.0. The number of hydrogen-bond donors (Lipinski definition) is 1. The van der Waals surface area contributed by atoms with Gasteiger partial charge in [0, 0.05) is 19.8 Å². The Kier molecular flexibility index (Phi) is 6.49. The maximum atomic E-state index is 12.7. The van der Waals surface area contributed by atoms with Crippen LogP contribution in [0.5, 0.6) is 0 Å². The summed E-state index contributed by atoms with van der Waals surface area (Å²) in [5.41, 5.74) is 0. The zero-order chi connectivity index (χ0) is 15.2. The number of hydrogen-bond acceptors (Lipinski definition) is 3. The van der Waals surface area contributed by atoms with Crippen molar-refractivity contribution in [3.8, 4) is 0 Å². The van der Waals surface area contributed by atoms with Crippen molar-refractivity contribution in [1.82, 2.24) is 10.2 Å². The van der Waals surface area contributed by atoms with E-state index in [9.17, 15) is 4.79 Å². The van der Waals surface area contributed by atoms with Gasteiger partial charge in [0.2, 0.25) is 5.91 Å². The molecule has 1 heterocycles. The summed E-state index contributed by atoms with van der Waals surface area (Å²) in [6, 6.07) is 0.0303. The molecule has 0 aromatic carbocycles. The zero-order valence-electron chi connectivity index (χ0n) is 13.9. The highest BCUT2D eigenvalue weighted by Crippen LogP contribution is 2.32. The Labute approximate surface area is 129 Å². The summed E-state index contributed by atoms with van der Waals surface area (Å²) < 4.78 is 5.42. The second-order valence-electron chi connectivity index (χ2n) is 6.92. The van der Waals surface area contributed by atoms with Crippen LogP contribution in [0.2, 0.25) is 0 Å². The molecular formula is C17H32N2O2. The molecule has 1 saturated heterocycles. The van der Waals surface area contributed by atoms with Gasteiger partial charge in [-0.3, -0.25) is 10.1 Å². The van der Waals surface area contributed by atoms with Crippen molar-refractivity contribution in [2.45, 2.75) is 71.5 Å². The van der Waals surface area contributed by atoms with Crippen LogP contribution >= 0.6 is 0 Å². The molecule has 0 aromatic rings. The van der Waals surface area contributed by atoms with E-state index in [1.807, 2.05) is 6.92 Å². The summed E-state index contributed by atoms with van der Waals surface area (Å²) in [4.78, 5) is 14.8. The predicted octanol–water partition coefficient (Wildman–Crippen LogP) is 2.78. The molecule has 1 saturated carbocycles. The minimum Gasteiger partial charge on any atom is -0.382 e. The Morgan fingerprint density at radius 3 is 2.67 bits per heavy atom. The van der Waals surface area contributed by atoms with Crippen LogP contribution < -0.4 is 5.32 Å². The number of nitrogens with zero attached hydrogens (tertiary/aromatic N) is 1. The van der Waals surface area contributed by atoms with E-state index < -0.39 is 0 Å². The molecular weight excluding hydrogens is 264 g/mol. The highest BCUT2D eigenvalue weighted by atomic mass is 16.5. The highest BCUT2D eigenvalue weighted by Gasteiger charge is 2.42. The second kappa shape index (κ2) is 8.14. The molecule has 122 valence electrons. The molecule has 0 bridgehead atoms. The summed E-state index contributed by atoms with van der Waals surface area (Å²) >= 11 is 0. The molecule has 4 heteroatoms. The number of amides is 1. The molecule has 0 spiro atoms. The molecule has 2 fully saturated rings. The van der Waals surface area contributed by atoms with Crippen LogP contribution in [0, 0.1) is 11.8 Å². The fourth-order valence-corrected chi connectivity index (χ4v) is 3.74. The van der Waals surface area contributed by atoms with Crippen LogP contribution in [0.3, 0.4) is 0 Å². The summed E-state index contributed by atoms with van der Waals surface area (Å²) in [6.45, 7) is 8.75. The maximum Gasteiger partial charge on any atom is 0.241 e. The molecule has 0 radical (unpaired) electrons. The lowest BCUT2D eigenvalue weighted by molar-refractivity contribution is -0.131. The standard InChI is InChI=1S/C17H32N2O2/c1-4-21-11-7-10-19-16(14-8-5-6-9-14)18-15(17(19)20)12-13(2)3/h13-16,18H,4-12H2,1-3H3. The van der Waals surface area contributed by atoms with Gasteiger partial charge in [0.25, 0.3) is 0 Å². The summed E-state index contributed by atoms with van der Waals surface area (Å²) in [6.07, 6.45) is 7.33. The molecule has 4 nitrogen and oxygen atoms in total. The third kappa shape index (κ3) is 4.43. The van der Waals surface area contributed by atoms with Gasteiger partial charge in [-0.05, 0) is 44.4 Å². The fraction of sp³-hybridized carbons (Fsp3) is 0.941. The van der Waals surface area contributed by atoms with E-state index in [2.05, 4.69) is 24.1 Å². The quantitative estimate of drug-likeness (QED) is 0.700. The van der Waals surface area contributed by atoms with Crippen LogP contribution in [0.1, 0.15) is 59.3 Å². The van der Waals surface area contributed by atoms with Crippen molar-refractivity contribution in [3.05, 3.63) is 0 Å². The first-order valence-electron chi connectivity index (χ1n) is 8.77. The molecule has 1 amide bonds. The zero-order valence-corrected chi connectivity index (χ0v) is 13.9. The Hall–Kier alpha value is -0.610. The summed E-state index contributed by atoms with van der Waals surface area (Å²) in [5.74, 6) is 1.52. The maximum absolute atomic E-state index is 12.7. The topological polar surface area (TPSA) is 41.6 Å². The van der Waals surface area contributed by atoms with Gasteiger partial charge in [0.15, 0.2) is 0 Å². The lowest BCUT2D eigenvalue weighted by Gasteiger charge is -2.29. The van der Waals surface area contributed by atoms with Crippen molar-refractivity contribution in [1.29, 1.82) is 0 Å². The van der Waals surface area contributed by atoms with Crippen molar-refractivity contribution in [2.75, 3.05) is 19.8 Å². The van der Waals surface area contributed by atoms with Gasteiger partial charge in [0.1, 0.15) is 0 Å². The van der Waals surface area contributed by atoms with Crippen molar-refractivity contribution >= 4 is 5.91 Å². The fourth-order valence-electron chi connectivity index (χ4n) is 3.74. The minimum absolute atomic E-state index is 0.0303. The number of carbonyl (C=O) groups excluding carboxylic acids is 1. The lowest BCUT2D eigenvalue weighted by Crippen LogP contribution is -2.43. The number of carbonyl (C=O) groups is 1. The van der Waals surface area contributed by atoms with E-state index in [0.717, 1.165) is 32.6 Å². The third-order valence-corrected chi connectivity index (χ3v) is 4.73. The first-order valence-corrected chi connectivity index (χ1v) is 8.77. The number of rotatable bonds is 8. The van der Waals surface area contributed by atoms with Crippen LogP contribution in [0.15, 0.2) is 0 Å². The first kappa shape index (κ1) is 16.8. The number of nitrogens with one attached hydrogen (secondary N) is 1. The molecule has 2 rings (SSSR count). The third-order valence-electron chi connectivity index (χ3n) is 4.73. The minimum atomic E-state index is 0.0303. The predicted molar refractivity (Wildman–Crippen MR) is 84.9 cm³/mol. The van der Waals surface area contributed by atoms with E-state index in [-0.39, 0.29) is 12.2 Å². The Morgan fingerprint density at radius 1 is 1.33 bits per heavy atom. The van der Waals surface area contributed by atoms with Crippen molar-refractivity contribution in [2.24, 2.45) is 11.8 Å². The van der Waals surface area contributed by atoms with E-state index >= 15 is 0 Å². The number of ether oxygens (including phenoxy) is 1. The Balaban J connectivity index is 1.95. The summed E-state index contributed by atoms with van der Waals surface area (Å²) in [5, 5.41) is 3.64. The van der Waals surface area contributed by atoms with E-state index in [1.165, 1.54) is 25.7 Å². The van der Waals surface area contributed by atoms with E-state index in [1.54, 1.807) is 0 Å². The average Bonchev–Trinajstić information content (AvgIpc) is 3.05. The van der Waals surface area contributed by atoms with Crippen LogP contribution in [-0.2, 0) is 9.53 Å². The Bertz CT molecular complexity index is 327. The van der Waals surface area contributed by atoms with Crippen molar-refractivity contribution < 1.29 is 9.53 Å². The highest BCUT2D eigenvalue weighted by molar-refractivity contribution is 5.84. The SMILES string of the molecule is CCOCCCN1C(=O)C(CC(C)C)NC1C1CCCC1. The molecule has 1 aliphatic heterocycles. The van der Waals surface area contributed by atoms with Gasteiger partial charge in [-0.15, -0.1) is 0 Å². The molecule has 21 heavy (non-hydrogen) atoms. The molecule has 0 aromatic heterocycles. The van der Waals surface area contributed by atoms with Gasteiger partial charge >= 0.3 is 0 Å². The van der Waals surface area contributed by atoms with E-state index in [0.29, 0.717) is 17.7 Å². The monoisotopic (exact) mass is 296 g/mol. The van der Waals surface area contributed by atoms with Crippen LogP contribution in [-0.4, -0.2) is 42.8 Å². The van der Waals surface area contributed by atoms with E-state index in [4.69, 9.17) is 4.74 Å². The second-order valence-corrected chi connectivity index (χ2v) is 6.92. The normalized spacial score (nSPS) is 27.2. The molecule has 2 aliphatic rings. The molecule has 2 unspecified atom stereocenters. The van der Waals surface area contributed by atoms with Crippen LogP contribution in [0.25, 0.3) is 0 Å². The van der Waals surface area contributed by atoms with Gasteiger partial charge < -0.3 is 9.64 Å². The summed E-state index contributed by atoms with van der Waals surface area (Å²) in [7, 11) is 0. The molecule has 1 aliphatic carbocycles. The average molecular weight is 296 g/mol. The first-order chi connectivity index (χ1) is 10.1. The van der Waals surface area contributed by atoms with Crippen molar-refractivity contribution in [3.63, 3.8) is 0 Å². The molecule has 2 atom stereocenters. The van der Waals surface area contributed by atoms with Gasteiger partial charge in [-0.1, -0.05) is 26.7 Å². The van der Waals surface area contributed by atoms with Crippen LogP contribution in [0.4, 0.5) is 0 Å².